The first-order chi connectivity index (χ1) is 41.0. The highest BCUT2D eigenvalue weighted by molar-refractivity contribution is 7.80. The van der Waals surface area contributed by atoms with E-state index in [2.05, 4.69) is 21.3 Å². The molecule has 4 bridgehead atoms. The number of benzene rings is 2. The first-order valence-electron chi connectivity index (χ1n) is 29.5. The van der Waals surface area contributed by atoms with Crippen molar-refractivity contribution in [2.75, 3.05) is 51.6 Å². The number of nitrogens with two attached hydrogens (primary N) is 1. The number of imide groups is 1. The Labute approximate surface area is 519 Å². The second kappa shape index (κ2) is 30.3. The number of amides is 8. The maximum atomic E-state index is 14.6. The quantitative estimate of drug-likeness (QED) is 0.0265. The molecule has 0 aliphatic carbocycles. The minimum absolute atomic E-state index is 0.0271. The van der Waals surface area contributed by atoms with Crippen LogP contribution in [0.1, 0.15) is 129 Å². The zero-order valence-electron chi connectivity index (χ0n) is 51.5. The number of esters is 2. The summed E-state index contributed by atoms with van der Waals surface area (Å²) in [5.41, 5.74) is 4.22. The molecule has 0 aromatic heterocycles. The Balaban J connectivity index is 1.19. The number of hydrogen-bond acceptors (Lipinski definition) is 16. The van der Waals surface area contributed by atoms with E-state index < -0.39 is 108 Å². The van der Waals surface area contributed by atoms with E-state index >= 15 is 0 Å². The molecular weight excluding hydrogens is 1160 g/mol. The van der Waals surface area contributed by atoms with Gasteiger partial charge in [0.15, 0.2) is 0 Å². The number of unbranched alkanes of at least 4 members (excludes halogenated alkanes) is 2. The molecule has 6 rings (SSSR count). The van der Waals surface area contributed by atoms with E-state index in [9.17, 15) is 48.3 Å². The van der Waals surface area contributed by atoms with E-state index in [-0.39, 0.29) is 78.6 Å². The molecule has 0 saturated carbocycles. The maximum Gasteiger partial charge on any atom is 0.328 e. The number of thiocarbonyl (C=S) groups is 1. The van der Waals surface area contributed by atoms with Crippen molar-refractivity contribution in [2.24, 2.45) is 23.5 Å². The molecule has 87 heavy (non-hydrogen) atoms. The van der Waals surface area contributed by atoms with Crippen molar-refractivity contribution in [1.82, 2.24) is 25.8 Å². The molecular formula is C62H85ClN8O15S. The van der Waals surface area contributed by atoms with Crippen molar-refractivity contribution in [2.45, 2.75) is 173 Å². The van der Waals surface area contributed by atoms with Gasteiger partial charge in [-0.05, 0) is 95.0 Å². The Morgan fingerprint density at radius 1 is 0.977 bits per heavy atom. The average molecular weight is 1250 g/mol. The van der Waals surface area contributed by atoms with Crippen LogP contribution in [0, 0.1) is 17.8 Å². The van der Waals surface area contributed by atoms with Gasteiger partial charge in [0, 0.05) is 59.0 Å². The second-order valence-electron chi connectivity index (χ2n) is 23.7. The Kier molecular flexibility index (Phi) is 24.1. The molecule has 25 heteroatoms. The van der Waals surface area contributed by atoms with Crippen LogP contribution < -0.4 is 36.6 Å². The van der Waals surface area contributed by atoms with Crippen molar-refractivity contribution in [3.05, 3.63) is 76.3 Å². The fourth-order valence-corrected chi connectivity index (χ4v) is 11.8. The summed E-state index contributed by atoms with van der Waals surface area (Å²) in [6, 6.07) is 5.43. The summed E-state index contributed by atoms with van der Waals surface area (Å²) in [6.45, 7) is 12.6. The number of aliphatic hydroxyl groups is 1. The van der Waals surface area contributed by atoms with Gasteiger partial charge in [0.05, 0.1) is 48.0 Å². The highest BCUT2D eigenvalue weighted by Gasteiger charge is 2.64. The molecule has 2 aromatic rings. The maximum absolute atomic E-state index is 14.6. The number of urea groups is 1. The van der Waals surface area contributed by atoms with Gasteiger partial charge in [-0.1, -0.05) is 93.9 Å². The fourth-order valence-electron chi connectivity index (χ4n) is 11.3. The first kappa shape index (κ1) is 69.1. The number of allylic oxidation sites excluding steroid dienone is 3. The molecule has 2 aromatic carbocycles. The molecule has 476 valence electrons. The zero-order chi connectivity index (χ0) is 64.2. The Bertz CT molecular complexity index is 3000. The van der Waals surface area contributed by atoms with Crippen LogP contribution in [0.2, 0.25) is 5.02 Å². The first-order valence-corrected chi connectivity index (χ1v) is 30.3. The Morgan fingerprint density at radius 3 is 2.34 bits per heavy atom. The largest absolute Gasteiger partial charge is 0.495 e. The topological polar surface area (TPSA) is 307 Å². The lowest BCUT2D eigenvalue weighted by molar-refractivity contribution is -0.187. The predicted molar refractivity (Wildman–Crippen MR) is 329 cm³/mol. The molecule has 11 atom stereocenters. The molecule has 7 N–H and O–H groups in total. The van der Waals surface area contributed by atoms with Crippen molar-refractivity contribution in [3.8, 4) is 5.75 Å². The third-order valence-corrected chi connectivity index (χ3v) is 17.4. The van der Waals surface area contributed by atoms with Crippen LogP contribution in [-0.2, 0) is 58.9 Å². The van der Waals surface area contributed by atoms with E-state index in [1.807, 2.05) is 26.8 Å². The number of likely N-dealkylation sites (tertiary alicyclic amines) is 1. The summed E-state index contributed by atoms with van der Waals surface area (Å²) in [5, 5.41) is 23.5. The number of nitrogens with one attached hydrogen (secondary N) is 4. The van der Waals surface area contributed by atoms with Gasteiger partial charge < -0.3 is 65.6 Å². The van der Waals surface area contributed by atoms with Gasteiger partial charge in [-0.15, -0.1) is 0 Å². The summed E-state index contributed by atoms with van der Waals surface area (Å²) in [4.78, 5) is 126. The number of rotatable bonds is 22. The van der Waals surface area contributed by atoms with Crippen LogP contribution in [0.3, 0.4) is 0 Å². The third-order valence-electron chi connectivity index (χ3n) is 16.7. The van der Waals surface area contributed by atoms with Crippen LogP contribution in [0.5, 0.6) is 5.75 Å². The van der Waals surface area contributed by atoms with Gasteiger partial charge >= 0.3 is 18.0 Å². The van der Waals surface area contributed by atoms with Crippen molar-refractivity contribution in [1.29, 1.82) is 0 Å². The number of carbonyl (C=O) groups is 9. The number of hydrogen-bond donors (Lipinski definition) is 6. The second-order valence-corrected chi connectivity index (χ2v) is 24.6. The van der Waals surface area contributed by atoms with Crippen molar-refractivity contribution < 1.29 is 71.9 Å². The number of epoxide rings is 1. The summed E-state index contributed by atoms with van der Waals surface area (Å²) >= 11 is 12.5. The molecule has 4 heterocycles. The normalized spacial score (nSPS) is 26.0. The lowest BCUT2D eigenvalue weighted by atomic mass is 9.78. The van der Waals surface area contributed by atoms with Crippen LogP contribution in [0.15, 0.2) is 60.2 Å². The highest BCUT2D eigenvalue weighted by atomic mass is 35.5. The number of anilines is 2. The number of fused-ring (bicyclic) bond motifs is 5. The predicted octanol–water partition coefficient (Wildman–Crippen LogP) is 5.85. The van der Waals surface area contributed by atoms with Crippen molar-refractivity contribution in [3.63, 3.8) is 0 Å². The number of ether oxygens (including phenoxy) is 5. The lowest BCUT2D eigenvalue weighted by Gasteiger charge is -2.41. The van der Waals surface area contributed by atoms with Crippen molar-refractivity contribution >= 4 is 93.6 Å². The zero-order valence-corrected chi connectivity index (χ0v) is 53.1. The monoisotopic (exact) mass is 1250 g/mol. The molecule has 8 amide bonds. The van der Waals surface area contributed by atoms with Gasteiger partial charge in [-0.25, -0.2) is 9.59 Å². The Hall–Kier alpha value is -6.99. The summed E-state index contributed by atoms with van der Waals surface area (Å²) < 4.78 is 29.9. The SMILES string of the molecule is COc1cc2cc(c1Cl)N(C)C(=O)C[C@H](OC(=O)[C@H](C)N(C)C(=O)c1ccccc1NC(=O)[C@H](CCCNC(N)=O)NC(=O)[C@@H](NC(=S)CCCCCN1C(=O)CC(C)C1=O)C(C)C)[C@]1(C)O[C@H]1[C@H](C)[C@@H]1C[C@@](O)(CC(=O)O1)[C@H](OC)/C=C/C=C(\C)C2. The van der Waals surface area contributed by atoms with Crippen LogP contribution in [0.4, 0.5) is 16.2 Å². The minimum atomic E-state index is -1.68. The average Bonchev–Trinajstić information content (AvgIpc) is 1.60. The van der Waals surface area contributed by atoms with Crippen LogP contribution in [0.25, 0.3) is 0 Å². The summed E-state index contributed by atoms with van der Waals surface area (Å²) in [7, 11) is 5.80. The molecule has 0 radical (unpaired) electrons. The molecule has 0 spiro atoms. The molecule has 4 aliphatic rings. The van der Waals surface area contributed by atoms with Crippen LogP contribution >= 0.6 is 23.8 Å². The number of likely N-dealkylation sites (N-methyl/N-ethyl adjacent to an activating group) is 1. The van der Waals surface area contributed by atoms with E-state index in [0.29, 0.717) is 55.1 Å². The standard InChI is InChI=1S/C62H85ClN8O15S/c1-34(2)53(68-48(87)24-13-12-16-26-71-50(73)28-36(4)57(71)77)56(76)67-42(22-18-25-65-60(64)80)55(75)66-41-21-15-14-20-40(41)58(78)69(8)38(6)59(79)85-47-31-49(72)70(9)43-29-39(30-44(82-10)52(43)63)27-35(3)19-17-23-46(83-11)62(81)32-45(84-51(74)33-62)37(5)54-61(47,7)86-54/h14-15,17,19-21,23,29-30,34,36-38,42,45-47,53-54,81H,12-13,16,18,22,24-28,31-33H2,1-11H3,(H,66,75)(H,67,76)(H,68,87)(H3,64,65,80)/b23-17+,35-19+/t36?,37-,38+,42+,45+,46-,47+,53+,54+,61+,62-/m1/s1. The number of halogens is 1. The molecule has 23 nitrogen and oxygen atoms in total. The lowest BCUT2D eigenvalue weighted by Crippen LogP contribution is -2.54. The number of para-hydroxylation sites is 1. The van der Waals surface area contributed by atoms with Gasteiger partial charge in [0.25, 0.3) is 5.91 Å². The van der Waals surface area contributed by atoms with Crippen LogP contribution in [-0.4, -0.2) is 168 Å². The van der Waals surface area contributed by atoms with E-state index in [0.717, 1.165) is 16.0 Å². The molecule has 1 unspecified atom stereocenters. The smallest absolute Gasteiger partial charge is 0.328 e. The summed E-state index contributed by atoms with van der Waals surface area (Å²) in [5.74, 6) is -5.33. The summed E-state index contributed by atoms with van der Waals surface area (Å²) in [6.07, 6.45) is 3.74. The van der Waals surface area contributed by atoms with E-state index in [4.69, 9.17) is 53.2 Å². The van der Waals surface area contributed by atoms with Gasteiger partial charge in [0.2, 0.25) is 29.5 Å². The fraction of sp³-hybridized carbons (Fsp3) is 0.581. The van der Waals surface area contributed by atoms with E-state index in [1.54, 1.807) is 57.2 Å². The van der Waals surface area contributed by atoms with Gasteiger partial charge in [-0.2, -0.15) is 0 Å². The molecule has 4 aliphatic heterocycles. The Morgan fingerprint density at radius 2 is 1.69 bits per heavy atom. The number of nitrogens with zero attached hydrogens (tertiary/aromatic N) is 3. The molecule has 3 saturated heterocycles. The highest BCUT2D eigenvalue weighted by Crippen LogP contribution is 2.50. The number of primary amides is 1. The molecule has 3 fully saturated rings. The number of methoxy groups -OCH3 is 2. The third kappa shape index (κ3) is 17.4. The van der Waals surface area contributed by atoms with E-state index in [1.165, 1.54) is 57.2 Å². The van der Waals surface area contributed by atoms with Gasteiger partial charge in [-0.3, -0.25) is 38.5 Å². The number of carbonyl (C=O) groups excluding carboxylic acids is 9. The van der Waals surface area contributed by atoms with Gasteiger partial charge in [0.1, 0.15) is 58.4 Å². The minimum Gasteiger partial charge on any atom is -0.495 e.